The second kappa shape index (κ2) is 15.9. The molecule has 3 heterocycles. The van der Waals surface area contributed by atoms with Gasteiger partial charge >= 0.3 is 0 Å². The van der Waals surface area contributed by atoms with Crippen molar-refractivity contribution in [2.45, 2.75) is 0 Å². The summed E-state index contributed by atoms with van der Waals surface area (Å²) in [5.74, 6) is 0.682. The zero-order valence-electron chi connectivity index (χ0n) is 35.7. The largest absolute Gasteiger partial charge is 0.228 e. The monoisotopic (exact) mass is 874 g/mol. The van der Waals surface area contributed by atoms with Gasteiger partial charge in [0.05, 0.1) is 11.4 Å². The first-order valence-electron chi connectivity index (χ1n) is 22.3. The third-order valence-corrected chi connectivity index (χ3v) is 15.4. The summed E-state index contributed by atoms with van der Waals surface area (Å²) in [6.45, 7) is 0. The second-order valence-corrected chi connectivity index (χ2v) is 18.9. The van der Waals surface area contributed by atoms with Gasteiger partial charge in [-0.15, -0.1) is 22.7 Å². The van der Waals surface area contributed by atoms with Crippen LogP contribution in [0.5, 0.6) is 0 Å². The van der Waals surface area contributed by atoms with E-state index in [1.54, 1.807) is 0 Å². The lowest BCUT2D eigenvalue weighted by Gasteiger charge is -2.20. The SMILES string of the molecule is c1ccc(-c2cccc(-c3cc(-c4ccccc4)cc(-c4cccc5ccccc45)c3-c3nc(-c4cccc5c4sc4ccccc45)cc(-c4cccc5c4sc4ccccc45)n3)c2)cc1. The number of thiophene rings is 2. The van der Waals surface area contributed by atoms with Crippen LogP contribution in [0, 0.1) is 0 Å². The van der Waals surface area contributed by atoms with Crippen LogP contribution in [0.3, 0.4) is 0 Å². The molecule has 66 heavy (non-hydrogen) atoms. The summed E-state index contributed by atoms with van der Waals surface area (Å²) in [6, 6.07) is 83.5. The van der Waals surface area contributed by atoms with E-state index in [2.05, 4.69) is 231 Å². The van der Waals surface area contributed by atoms with E-state index in [4.69, 9.17) is 9.97 Å². The molecule has 0 unspecified atom stereocenters. The van der Waals surface area contributed by atoms with Crippen LogP contribution in [0.2, 0.25) is 0 Å². The van der Waals surface area contributed by atoms with Crippen molar-refractivity contribution in [3.63, 3.8) is 0 Å². The van der Waals surface area contributed by atoms with Gasteiger partial charge in [-0.2, -0.15) is 0 Å². The Kier molecular flexibility index (Phi) is 9.26. The molecule has 3 aromatic heterocycles. The van der Waals surface area contributed by atoms with Crippen molar-refractivity contribution < 1.29 is 0 Å². The summed E-state index contributed by atoms with van der Waals surface area (Å²) in [5.41, 5.74) is 14.0. The average Bonchev–Trinajstić information content (AvgIpc) is 3.97. The summed E-state index contributed by atoms with van der Waals surface area (Å²) in [7, 11) is 0. The zero-order valence-corrected chi connectivity index (χ0v) is 37.3. The molecular weight excluding hydrogens is 837 g/mol. The number of aromatic nitrogens is 2. The number of fused-ring (bicyclic) bond motifs is 7. The molecule has 0 fully saturated rings. The molecule has 4 heteroatoms. The van der Waals surface area contributed by atoms with Gasteiger partial charge in [0.25, 0.3) is 0 Å². The van der Waals surface area contributed by atoms with Crippen LogP contribution in [0.1, 0.15) is 0 Å². The number of hydrogen-bond donors (Lipinski definition) is 0. The highest BCUT2D eigenvalue weighted by Gasteiger charge is 2.24. The first kappa shape index (κ1) is 38.4. The van der Waals surface area contributed by atoms with Gasteiger partial charge < -0.3 is 0 Å². The normalized spacial score (nSPS) is 11.6. The maximum atomic E-state index is 5.78. The van der Waals surface area contributed by atoms with Crippen LogP contribution in [-0.2, 0) is 0 Å². The molecule has 0 atom stereocenters. The lowest BCUT2D eigenvalue weighted by Crippen LogP contribution is -2.01. The molecule has 0 radical (unpaired) electrons. The highest BCUT2D eigenvalue weighted by molar-refractivity contribution is 7.26. The molecule has 0 bridgehead atoms. The third-order valence-electron chi connectivity index (χ3n) is 12.9. The maximum absolute atomic E-state index is 5.78. The van der Waals surface area contributed by atoms with Gasteiger partial charge in [0.2, 0.25) is 0 Å². The van der Waals surface area contributed by atoms with Gasteiger partial charge in [-0.3, -0.25) is 0 Å². The first-order chi connectivity index (χ1) is 32.7. The van der Waals surface area contributed by atoms with E-state index in [1.807, 2.05) is 22.7 Å². The molecule has 0 saturated heterocycles. The van der Waals surface area contributed by atoms with Crippen molar-refractivity contribution in [3.05, 3.63) is 231 Å². The van der Waals surface area contributed by atoms with Gasteiger partial charge in [0.1, 0.15) is 0 Å². The van der Waals surface area contributed by atoms with Crippen LogP contribution < -0.4 is 0 Å². The van der Waals surface area contributed by atoms with Crippen molar-refractivity contribution in [2.24, 2.45) is 0 Å². The molecule has 308 valence electrons. The van der Waals surface area contributed by atoms with Crippen LogP contribution in [0.4, 0.5) is 0 Å². The molecule has 0 spiro atoms. The topological polar surface area (TPSA) is 25.8 Å². The molecular formula is C62H38N2S2. The molecule has 0 aliphatic rings. The fraction of sp³-hybridized carbons (Fsp3) is 0. The molecule has 2 nitrogen and oxygen atoms in total. The Hall–Kier alpha value is -8.02. The average molecular weight is 875 g/mol. The minimum absolute atomic E-state index is 0.682. The Morgan fingerprint density at radius 1 is 0.273 bits per heavy atom. The molecule has 0 aliphatic heterocycles. The van der Waals surface area contributed by atoms with Gasteiger partial charge in [0, 0.05) is 57.0 Å². The lowest BCUT2D eigenvalue weighted by atomic mass is 9.85. The molecule has 10 aromatic carbocycles. The third kappa shape index (κ3) is 6.53. The van der Waals surface area contributed by atoms with E-state index in [0.29, 0.717) is 5.82 Å². The minimum atomic E-state index is 0.682. The van der Waals surface area contributed by atoms with Gasteiger partial charge in [-0.1, -0.05) is 194 Å². The lowest BCUT2D eigenvalue weighted by molar-refractivity contribution is 1.19. The smallest absolute Gasteiger partial charge is 0.161 e. The van der Waals surface area contributed by atoms with Gasteiger partial charge in [0.15, 0.2) is 5.82 Å². The summed E-state index contributed by atoms with van der Waals surface area (Å²) >= 11 is 3.67. The van der Waals surface area contributed by atoms with Crippen LogP contribution in [0.15, 0.2) is 231 Å². The number of rotatable bonds is 7. The Bertz CT molecular complexity index is 3860. The molecule has 13 rings (SSSR count). The van der Waals surface area contributed by atoms with Crippen molar-refractivity contribution in [2.75, 3.05) is 0 Å². The van der Waals surface area contributed by atoms with Gasteiger partial charge in [-0.05, 0) is 91.7 Å². The standard InChI is InChI=1S/C62H38N2S2/c1-3-17-39(18-4-1)42-23-13-24-43(35-42)53-36-44(40-19-5-2-6-20-40)37-54(46-28-14-22-41-21-7-8-25-45(41)46)59(53)62-63-55(51-31-15-29-49-47-26-9-11-33-57(47)65-60(49)51)38-56(64-62)52-32-16-30-50-48-27-10-12-34-58(48)66-61(50)52/h1-38H. The zero-order chi connectivity index (χ0) is 43.6. The first-order valence-corrected chi connectivity index (χ1v) is 23.9. The summed E-state index contributed by atoms with van der Waals surface area (Å²) < 4.78 is 4.97. The van der Waals surface area contributed by atoms with Crippen molar-refractivity contribution in [1.82, 2.24) is 9.97 Å². The van der Waals surface area contributed by atoms with E-state index in [9.17, 15) is 0 Å². The Balaban J connectivity index is 1.17. The van der Waals surface area contributed by atoms with Gasteiger partial charge in [-0.25, -0.2) is 9.97 Å². The predicted octanol–water partition coefficient (Wildman–Crippen LogP) is 18.0. The van der Waals surface area contributed by atoms with Crippen LogP contribution >= 0.6 is 22.7 Å². The van der Waals surface area contributed by atoms with Crippen LogP contribution in [-0.4, -0.2) is 9.97 Å². The Morgan fingerprint density at radius 3 is 1.38 bits per heavy atom. The second-order valence-electron chi connectivity index (χ2n) is 16.8. The molecule has 0 amide bonds. The van der Waals surface area contributed by atoms with Crippen molar-refractivity contribution in [3.8, 4) is 78.4 Å². The highest BCUT2D eigenvalue weighted by atomic mass is 32.1. The van der Waals surface area contributed by atoms with Crippen LogP contribution in [0.25, 0.3) is 130 Å². The molecule has 0 aliphatic carbocycles. The summed E-state index contributed by atoms with van der Waals surface area (Å²) in [6.07, 6.45) is 0. The summed E-state index contributed by atoms with van der Waals surface area (Å²) in [4.78, 5) is 11.6. The van der Waals surface area contributed by atoms with E-state index in [1.165, 1.54) is 56.7 Å². The predicted molar refractivity (Wildman–Crippen MR) is 283 cm³/mol. The molecule has 0 saturated carbocycles. The number of hydrogen-bond acceptors (Lipinski definition) is 4. The van der Waals surface area contributed by atoms with E-state index in [-0.39, 0.29) is 0 Å². The quantitative estimate of drug-likeness (QED) is 0.159. The fourth-order valence-electron chi connectivity index (χ4n) is 9.81. The van der Waals surface area contributed by atoms with E-state index in [0.717, 1.165) is 67.0 Å². The van der Waals surface area contributed by atoms with Crippen molar-refractivity contribution in [1.29, 1.82) is 0 Å². The van der Waals surface area contributed by atoms with E-state index >= 15 is 0 Å². The maximum Gasteiger partial charge on any atom is 0.161 e. The fourth-order valence-corrected chi connectivity index (χ4v) is 12.3. The molecule has 0 N–H and O–H groups in total. The number of nitrogens with zero attached hydrogens (tertiary/aromatic N) is 2. The summed E-state index contributed by atoms with van der Waals surface area (Å²) in [5, 5.41) is 7.37. The minimum Gasteiger partial charge on any atom is -0.228 e. The number of benzene rings is 10. The highest BCUT2D eigenvalue weighted by Crippen LogP contribution is 2.48. The Morgan fingerprint density at radius 2 is 0.727 bits per heavy atom. The molecule has 13 aromatic rings. The van der Waals surface area contributed by atoms with Crippen molar-refractivity contribution >= 4 is 73.8 Å². The Labute approximate surface area is 390 Å². The van der Waals surface area contributed by atoms with E-state index < -0.39 is 0 Å².